The van der Waals surface area contributed by atoms with E-state index in [1.807, 2.05) is 0 Å². The van der Waals surface area contributed by atoms with Crippen LogP contribution in [0, 0.1) is 0 Å². The highest BCUT2D eigenvalue weighted by Crippen LogP contribution is 2.17. The van der Waals surface area contributed by atoms with Gasteiger partial charge in [0, 0.05) is 19.3 Å². The van der Waals surface area contributed by atoms with Gasteiger partial charge >= 0.3 is 17.9 Å². The van der Waals surface area contributed by atoms with Gasteiger partial charge in [-0.05, 0) is 19.3 Å². The van der Waals surface area contributed by atoms with Crippen LogP contribution < -0.4 is 0 Å². The normalized spacial score (nSPS) is 12.4. The minimum absolute atomic E-state index is 0.202. The van der Waals surface area contributed by atoms with Crippen LogP contribution in [0.3, 0.4) is 0 Å². The van der Waals surface area contributed by atoms with Gasteiger partial charge in [-0.2, -0.15) is 0 Å². The maximum absolute atomic E-state index is 12.8. The number of hydrogen-bond donors (Lipinski definition) is 1. The molecule has 0 aromatic heterocycles. The number of aliphatic hydroxyl groups excluding tert-OH is 1. The van der Waals surface area contributed by atoms with Gasteiger partial charge in [-0.1, -0.05) is 252 Å². The largest absolute Gasteiger partial charge is 0.461 e. The maximum Gasteiger partial charge on any atom is 0.308 e. The van der Waals surface area contributed by atoms with E-state index in [9.17, 15) is 19.5 Å². The Morgan fingerprint density at radius 1 is 0.328 bits per heavy atom. The first-order valence-electron chi connectivity index (χ1n) is 25.7. The summed E-state index contributed by atoms with van der Waals surface area (Å²) in [7, 11) is 0. The molecule has 0 heterocycles. The number of hydrogen-bond acceptors (Lipinski definition) is 7. The SMILES string of the molecule is CCCCCCCCCCCCCCCC(=O)OCC(OC(=O)CCCCCCCCCCCCCCC)C(O)OC(=O)CCCCCCCCCCCCCCC. The molecular formula is C51H98O7. The molecule has 0 rings (SSSR count). The molecule has 0 saturated carbocycles. The van der Waals surface area contributed by atoms with Crippen molar-refractivity contribution in [2.45, 2.75) is 303 Å². The molecule has 344 valence electrons. The van der Waals surface area contributed by atoms with Crippen LogP contribution in [0.1, 0.15) is 290 Å². The zero-order chi connectivity index (χ0) is 42.4. The first-order chi connectivity index (χ1) is 28.4. The number of unbranched alkanes of at least 4 members (excludes halogenated alkanes) is 36. The second kappa shape index (κ2) is 46.4. The highest BCUT2D eigenvalue weighted by atomic mass is 16.7. The van der Waals surface area contributed by atoms with E-state index in [1.165, 1.54) is 193 Å². The number of ether oxygens (including phenoxy) is 3. The minimum atomic E-state index is -1.67. The molecule has 58 heavy (non-hydrogen) atoms. The van der Waals surface area contributed by atoms with E-state index in [1.54, 1.807) is 0 Å². The number of esters is 3. The molecule has 2 unspecified atom stereocenters. The third-order valence-electron chi connectivity index (χ3n) is 11.7. The highest BCUT2D eigenvalue weighted by molar-refractivity contribution is 5.71. The van der Waals surface area contributed by atoms with Crippen LogP contribution in [0.4, 0.5) is 0 Å². The molecule has 0 bridgehead atoms. The summed E-state index contributed by atoms with van der Waals surface area (Å²) in [5.41, 5.74) is 0. The Labute approximate surface area is 360 Å². The average Bonchev–Trinajstić information content (AvgIpc) is 3.21. The van der Waals surface area contributed by atoms with Gasteiger partial charge in [0.25, 0.3) is 0 Å². The van der Waals surface area contributed by atoms with E-state index < -0.39 is 24.3 Å². The third kappa shape index (κ3) is 42.5. The van der Waals surface area contributed by atoms with Gasteiger partial charge in [-0.15, -0.1) is 0 Å². The molecule has 0 aromatic carbocycles. The summed E-state index contributed by atoms with van der Waals surface area (Å²) in [6, 6.07) is 0. The van der Waals surface area contributed by atoms with Gasteiger partial charge < -0.3 is 19.3 Å². The van der Waals surface area contributed by atoms with E-state index >= 15 is 0 Å². The van der Waals surface area contributed by atoms with Crippen molar-refractivity contribution in [3.8, 4) is 0 Å². The predicted molar refractivity (Wildman–Crippen MR) is 244 cm³/mol. The minimum Gasteiger partial charge on any atom is -0.461 e. The van der Waals surface area contributed by atoms with E-state index in [4.69, 9.17) is 14.2 Å². The monoisotopic (exact) mass is 823 g/mol. The lowest BCUT2D eigenvalue weighted by atomic mass is 10.0. The first-order valence-corrected chi connectivity index (χ1v) is 25.7. The van der Waals surface area contributed by atoms with Gasteiger partial charge in [0.1, 0.15) is 6.61 Å². The van der Waals surface area contributed by atoms with Gasteiger partial charge in [0.15, 0.2) is 6.10 Å². The van der Waals surface area contributed by atoms with Crippen molar-refractivity contribution in [1.82, 2.24) is 0 Å². The quantitative estimate of drug-likeness (QED) is 0.0282. The van der Waals surface area contributed by atoms with Crippen LogP contribution in [0.25, 0.3) is 0 Å². The van der Waals surface area contributed by atoms with Crippen molar-refractivity contribution in [3.63, 3.8) is 0 Å². The van der Waals surface area contributed by atoms with Crippen molar-refractivity contribution in [2.24, 2.45) is 0 Å². The second-order valence-corrected chi connectivity index (χ2v) is 17.6. The zero-order valence-corrected chi connectivity index (χ0v) is 39.0. The van der Waals surface area contributed by atoms with E-state index in [2.05, 4.69) is 20.8 Å². The molecule has 7 heteroatoms. The molecular weight excluding hydrogens is 725 g/mol. The van der Waals surface area contributed by atoms with Crippen molar-refractivity contribution in [3.05, 3.63) is 0 Å². The smallest absolute Gasteiger partial charge is 0.308 e. The average molecular weight is 823 g/mol. The van der Waals surface area contributed by atoms with E-state index in [-0.39, 0.29) is 31.8 Å². The van der Waals surface area contributed by atoms with Crippen molar-refractivity contribution in [1.29, 1.82) is 0 Å². The fraction of sp³-hybridized carbons (Fsp3) is 0.941. The molecule has 0 saturated heterocycles. The van der Waals surface area contributed by atoms with Crippen molar-refractivity contribution in [2.75, 3.05) is 6.61 Å². The Bertz CT molecular complexity index is 877. The molecule has 2 atom stereocenters. The maximum atomic E-state index is 12.8. The highest BCUT2D eigenvalue weighted by Gasteiger charge is 2.28. The first kappa shape index (κ1) is 56.4. The van der Waals surface area contributed by atoms with Crippen LogP contribution in [0.5, 0.6) is 0 Å². The second-order valence-electron chi connectivity index (χ2n) is 17.6. The molecule has 0 amide bonds. The van der Waals surface area contributed by atoms with Crippen LogP contribution in [0.15, 0.2) is 0 Å². The Morgan fingerprint density at radius 2 is 0.552 bits per heavy atom. The molecule has 0 spiro atoms. The van der Waals surface area contributed by atoms with Gasteiger partial charge in [0.05, 0.1) is 0 Å². The van der Waals surface area contributed by atoms with Crippen LogP contribution in [0.2, 0.25) is 0 Å². The number of rotatable bonds is 47. The van der Waals surface area contributed by atoms with Crippen LogP contribution in [-0.4, -0.2) is 42.0 Å². The third-order valence-corrected chi connectivity index (χ3v) is 11.7. The van der Waals surface area contributed by atoms with Gasteiger partial charge in [0.2, 0.25) is 6.29 Å². The number of aliphatic hydroxyl groups is 1. The van der Waals surface area contributed by atoms with Crippen LogP contribution >= 0.6 is 0 Å². The fourth-order valence-corrected chi connectivity index (χ4v) is 7.78. The van der Waals surface area contributed by atoms with Gasteiger partial charge in [-0.25, -0.2) is 0 Å². The summed E-state index contributed by atoms with van der Waals surface area (Å²) in [6.45, 7) is 6.44. The lowest BCUT2D eigenvalue weighted by Crippen LogP contribution is -2.39. The summed E-state index contributed by atoms with van der Waals surface area (Å²) in [6.07, 6.45) is 45.5. The van der Waals surface area contributed by atoms with Crippen molar-refractivity contribution >= 4 is 17.9 Å². The van der Waals surface area contributed by atoms with E-state index in [0.29, 0.717) is 12.8 Å². The molecule has 0 aliphatic carbocycles. The molecule has 0 aliphatic heterocycles. The van der Waals surface area contributed by atoms with Gasteiger partial charge in [-0.3, -0.25) is 14.4 Å². The Morgan fingerprint density at radius 3 is 0.828 bits per heavy atom. The number of carbonyl (C=O) groups excluding carboxylic acids is 3. The summed E-state index contributed by atoms with van der Waals surface area (Å²) < 4.78 is 16.3. The summed E-state index contributed by atoms with van der Waals surface area (Å²) in [5.74, 6) is -1.37. The lowest BCUT2D eigenvalue weighted by Gasteiger charge is -2.23. The number of carbonyl (C=O) groups is 3. The topological polar surface area (TPSA) is 99.1 Å². The standard InChI is InChI=1S/C51H98O7/c1-4-7-10-13-16-19-22-25-28-31-34-37-40-43-48(52)56-46-47(57-49(53)44-41-38-35-32-29-26-23-20-17-14-11-8-5-2)51(55)58-50(54)45-42-39-36-33-30-27-24-21-18-15-12-9-6-3/h47,51,55H,4-46H2,1-3H3. The summed E-state index contributed by atoms with van der Waals surface area (Å²) >= 11 is 0. The Kier molecular flexibility index (Phi) is 45.1. The molecule has 0 radical (unpaired) electrons. The fourth-order valence-electron chi connectivity index (χ4n) is 7.78. The molecule has 1 N–H and O–H groups in total. The Hall–Kier alpha value is -1.63. The lowest BCUT2D eigenvalue weighted by molar-refractivity contribution is -0.206. The molecule has 0 aliphatic rings. The molecule has 0 fully saturated rings. The predicted octanol–water partition coefficient (Wildman–Crippen LogP) is 15.7. The van der Waals surface area contributed by atoms with E-state index in [0.717, 1.165) is 44.9 Å². The molecule has 0 aromatic rings. The Balaban J connectivity index is 4.44. The molecule has 7 nitrogen and oxygen atoms in total. The van der Waals surface area contributed by atoms with Crippen molar-refractivity contribution < 1.29 is 33.7 Å². The zero-order valence-electron chi connectivity index (χ0n) is 39.0. The van der Waals surface area contributed by atoms with Crippen LogP contribution in [-0.2, 0) is 28.6 Å². The summed E-state index contributed by atoms with van der Waals surface area (Å²) in [4.78, 5) is 38.0. The summed E-state index contributed by atoms with van der Waals surface area (Å²) in [5, 5.41) is 10.8.